The molecule has 1 aromatic carbocycles. The molecule has 0 fully saturated rings. The van der Waals surface area contributed by atoms with Crippen LogP contribution in [0.25, 0.3) is 5.57 Å². The summed E-state index contributed by atoms with van der Waals surface area (Å²) in [5, 5.41) is 3.50. The number of halogens is 1. The summed E-state index contributed by atoms with van der Waals surface area (Å²) in [6.45, 7) is 2.23. The molecule has 1 aliphatic rings. The van der Waals surface area contributed by atoms with E-state index in [0.717, 1.165) is 25.2 Å². The molecule has 0 saturated carbocycles. The highest BCUT2D eigenvalue weighted by Gasteiger charge is 2.14. The summed E-state index contributed by atoms with van der Waals surface area (Å²) in [4.78, 5) is 18.7. The van der Waals surface area contributed by atoms with Gasteiger partial charge in [-0.2, -0.15) is 0 Å². The first-order valence-electron chi connectivity index (χ1n) is 7.59. The predicted molar refractivity (Wildman–Crippen MR) is 92.2 cm³/mol. The molecule has 5 heteroatoms. The Bertz CT molecular complexity index is 715. The molecule has 2 heterocycles. The molecule has 4 nitrogen and oxygen atoms in total. The number of nitrogens with zero attached hydrogens (tertiary/aromatic N) is 2. The van der Waals surface area contributed by atoms with Crippen LogP contribution in [0.15, 0.2) is 54.7 Å². The van der Waals surface area contributed by atoms with Crippen LogP contribution < -0.4 is 5.32 Å². The summed E-state index contributed by atoms with van der Waals surface area (Å²) in [6, 6.07) is 12.9. The molecule has 1 N–H and O–H groups in total. The highest BCUT2D eigenvalue weighted by Crippen LogP contribution is 2.19. The summed E-state index contributed by atoms with van der Waals surface area (Å²) in [5.41, 5.74) is 2.89. The van der Waals surface area contributed by atoms with Gasteiger partial charge < -0.3 is 5.32 Å². The molecular formula is C18H18ClN3O. The first-order valence-corrected chi connectivity index (χ1v) is 7.97. The van der Waals surface area contributed by atoms with Crippen molar-refractivity contribution in [3.05, 3.63) is 71.0 Å². The smallest absolute Gasteiger partial charge is 0.252 e. The van der Waals surface area contributed by atoms with E-state index in [0.29, 0.717) is 17.3 Å². The van der Waals surface area contributed by atoms with Crippen molar-refractivity contribution >= 4 is 23.1 Å². The SMILES string of the molecule is O=C(NCN1CC=C(c2ccccn2)CC1)c1cccc(Cl)c1. The average molecular weight is 328 g/mol. The second-order valence-electron chi connectivity index (χ2n) is 5.45. The van der Waals surface area contributed by atoms with E-state index in [4.69, 9.17) is 11.6 Å². The minimum atomic E-state index is -0.105. The van der Waals surface area contributed by atoms with E-state index in [-0.39, 0.29) is 5.91 Å². The van der Waals surface area contributed by atoms with Gasteiger partial charge in [-0.05, 0) is 42.3 Å². The van der Waals surface area contributed by atoms with Crippen LogP contribution in [0.5, 0.6) is 0 Å². The van der Waals surface area contributed by atoms with Gasteiger partial charge in [0.05, 0.1) is 12.4 Å². The van der Waals surface area contributed by atoms with Crippen molar-refractivity contribution in [2.75, 3.05) is 19.8 Å². The summed E-state index contributed by atoms with van der Waals surface area (Å²) in [5.74, 6) is -0.105. The lowest BCUT2D eigenvalue weighted by Gasteiger charge is -2.26. The second-order valence-corrected chi connectivity index (χ2v) is 5.88. The van der Waals surface area contributed by atoms with Crippen molar-refractivity contribution in [2.45, 2.75) is 6.42 Å². The number of carbonyl (C=O) groups excluding carboxylic acids is 1. The third-order valence-corrected chi connectivity index (χ3v) is 4.07. The molecule has 23 heavy (non-hydrogen) atoms. The molecule has 0 atom stereocenters. The monoisotopic (exact) mass is 327 g/mol. The van der Waals surface area contributed by atoms with Crippen molar-refractivity contribution in [3.63, 3.8) is 0 Å². The Hall–Kier alpha value is -2.17. The number of carbonyl (C=O) groups is 1. The molecule has 2 aromatic rings. The fraction of sp³-hybridized carbons (Fsp3) is 0.222. The number of rotatable bonds is 4. The average Bonchev–Trinajstić information content (AvgIpc) is 2.61. The first kappa shape index (κ1) is 15.7. The van der Waals surface area contributed by atoms with Crippen LogP contribution in [0.2, 0.25) is 5.02 Å². The van der Waals surface area contributed by atoms with Gasteiger partial charge in [0.2, 0.25) is 0 Å². The minimum absolute atomic E-state index is 0.105. The van der Waals surface area contributed by atoms with E-state index in [9.17, 15) is 4.79 Å². The predicted octanol–water partition coefficient (Wildman–Crippen LogP) is 3.21. The van der Waals surface area contributed by atoms with Crippen molar-refractivity contribution in [1.82, 2.24) is 15.2 Å². The lowest BCUT2D eigenvalue weighted by Crippen LogP contribution is -2.39. The maximum absolute atomic E-state index is 12.1. The van der Waals surface area contributed by atoms with Crippen LogP contribution in [-0.4, -0.2) is 35.5 Å². The number of amides is 1. The van der Waals surface area contributed by atoms with Gasteiger partial charge in [-0.15, -0.1) is 0 Å². The summed E-state index contributed by atoms with van der Waals surface area (Å²) >= 11 is 5.91. The van der Waals surface area contributed by atoms with Crippen molar-refractivity contribution in [3.8, 4) is 0 Å². The van der Waals surface area contributed by atoms with Gasteiger partial charge in [0.1, 0.15) is 0 Å². The van der Waals surface area contributed by atoms with Crippen LogP contribution >= 0.6 is 11.6 Å². The van der Waals surface area contributed by atoms with Gasteiger partial charge >= 0.3 is 0 Å². The summed E-state index contributed by atoms with van der Waals surface area (Å²) in [7, 11) is 0. The highest BCUT2D eigenvalue weighted by atomic mass is 35.5. The zero-order valence-corrected chi connectivity index (χ0v) is 13.5. The Balaban J connectivity index is 1.53. The Kier molecular flexibility index (Phi) is 5.05. The summed E-state index contributed by atoms with van der Waals surface area (Å²) < 4.78 is 0. The van der Waals surface area contributed by atoms with Crippen molar-refractivity contribution < 1.29 is 4.79 Å². The molecule has 118 valence electrons. The van der Waals surface area contributed by atoms with Gasteiger partial charge in [0.15, 0.2) is 0 Å². The number of pyridine rings is 1. The molecule has 3 rings (SSSR count). The van der Waals surface area contributed by atoms with Gasteiger partial charge in [0.25, 0.3) is 5.91 Å². The third kappa shape index (κ3) is 4.18. The number of hydrogen-bond donors (Lipinski definition) is 1. The van der Waals surface area contributed by atoms with E-state index in [1.165, 1.54) is 5.57 Å². The van der Waals surface area contributed by atoms with E-state index in [2.05, 4.69) is 21.3 Å². The van der Waals surface area contributed by atoms with Crippen molar-refractivity contribution in [2.24, 2.45) is 0 Å². The normalized spacial score (nSPS) is 15.1. The molecule has 1 aliphatic heterocycles. The molecular weight excluding hydrogens is 310 g/mol. The minimum Gasteiger partial charge on any atom is -0.339 e. The Labute approximate surface area is 140 Å². The van der Waals surface area contributed by atoms with Gasteiger partial charge in [-0.3, -0.25) is 14.7 Å². The fourth-order valence-electron chi connectivity index (χ4n) is 2.56. The van der Waals surface area contributed by atoms with Crippen LogP contribution in [-0.2, 0) is 0 Å². The van der Waals surface area contributed by atoms with Gasteiger partial charge in [-0.1, -0.05) is 29.8 Å². The largest absolute Gasteiger partial charge is 0.339 e. The third-order valence-electron chi connectivity index (χ3n) is 3.84. The van der Waals surface area contributed by atoms with Gasteiger partial charge in [-0.25, -0.2) is 0 Å². The molecule has 0 saturated heterocycles. The maximum Gasteiger partial charge on any atom is 0.252 e. The highest BCUT2D eigenvalue weighted by molar-refractivity contribution is 6.30. The molecule has 0 bridgehead atoms. The van der Waals surface area contributed by atoms with Crippen LogP contribution in [0.3, 0.4) is 0 Å². The van der Waals surface area contributed by atoms with Crippen molar-refractivity contribution in [1.29, 1.82) is 0 Å². The van der Waals surface area contributed by atoms with Gasteiger partial charge in [0, 0.05) is 29.9 Å². The number of hydrogen-bond acceptors (Lipinski definition) is 3. The van der Waals surface area contributed by atoms with Crippen LogP contribution in [0, 0.1) is 0 Å². The zero-order chi connectivity index (χ0) is 16.1. The van der Waals surface area contributed by atoms with E-state index in [1.807, 2.05) is 24.4 Å². The standard InChI is InChI=1S/C18H18ClN3O/c19-16-5-3-4-15(12-16)18(23)21-13-22-10-7-14(8-11-22)17-6-1-2-9-20-17/h1-7,9,12H,8,10-11,13H2,(H,21,23). The van der Waals surface area contributed by atoms with E-state index in [1.54, 1.807) is 24.3 Å². The zero-order valence-electron chi connectivity index (χ0n) is 12.7. The molecule has 0 unspecified atom stereocenters. The Morgan fingerprint density at radius 3 is 2.87 bits per heavy atom. The molecule has 1 amide bonds. The topological polar surface area (TPSA) is 45.2 Å². The van der Waals surface area contributed by atoms with Crippen LogP contribution in [0.4, 0.5) is 0 Å². The lowest BCUT2D eigenvalue weighted by atomic mass is 10.0. The lowest BCUT2D eigenvalue weighted by molar-refractivity contribution is 0.0926. The fourth-order valence-corrected chi connectivity index (χ4v) is 2.75. The summed E-state index contributed by atoms with van der Waals surface area (Å²) in [6.07, 6.45) is 4.93. The Morgan fingerprint density at radius 2 is 2.17 bits per heavy atom. The first-order chi connectivity index (χ1) is 11.2. The quantitative estimate of drug-likeness (QED) is 0.938. The van der Waals surface area contributed by atoms with E-state index >= 15 is 0 Å². The van der Waals surface area contributed by atoms with E-state index < -0.39 is 0 Å². The molecule has 0 radical (unpaired) electrons. The van der Waals surface area contributed by atoms with Crippen LogP contribution in [0.1, 0.15) is 22.5 Å². The maximum atomic E-state index is 12.1. The second kappa shape index (κ2) is 7.40. The number of aromatic nitrogens is 1. The Morgan fingerprint density at radius 1 is 1.26 bits per heavy atom. The molecule has 0 spiro atoms. The number of nitrogens with one attached hydrogen (secondary N) is 1. The molecule has 1 aromatic heterocycles. The molecule has 0 aliphatic carbocycles. The number of benzene rings is 1.